The van der Waals surface area contributed by atoms with E-state index in [0.717, 1.165) is 25.7 Å². The molecule has 29 heavy (non-hydrogen) atoms. The van der Waals surface area contributed by atoms with Crippen LogP contribution in [-0.4, -0.2) is 46.1 Å². The average Bonchev–Trinajstić information content (AvgIpc) is 2.39. The molecule has 0 aromatic heterocycles. The van der Waals surface area contributed by atoms with Crippen molar-refractivity contribution in [2.24, 2.45) is 0 Å². The lowest BCUT2D eigenvalue weighted by atomic mass is 9.79. The van der Waals surface area contributed by atoms with Crippen LogP contribution in [0.2, 0.25) is 0 Å². The molecule has 6 heteroatoms. The van der Waals surface area contributed by atoms with Crippen LogP contribution in [0.25, 0.3) is 0 Å². The summed E-state index contributed by atoms with van der Waals surface area (Å²) in [5.41, 5.74) is 0.0396. The van der Waals surface area contributed by atoms with Gasteiger partial charge in [0.1, 0.15) is 0 Å². The molecule has 2 aliphatic heterocycles. The maximum absolute atomic E-state index is 12.4. The van der Waals surface area contributed by atoms with Crippen molar-refractivity contribution in [3.63, 3.8) is 0 Å². The van der Waals surface area contributed by atoms with Gasteiger partial charge in [-0.2, -0.15) is 0 Å². The average molecular weight is 409 g/mol. The second kappa shape index (κ2) is 8.54. The summed E-state index contributed by atoms with van der Waals surface area (Å²) in [5.74, 6) is 0.112. The third kappa shape index (κ3) is 8.25. The van der Waals surface area contributed by atoms with Crippen LogP contribution in [0.15, 0.2) is 0 Å². The van der Waals surface area contributed by atoms with Gasteiger partial charge in [-0.15, -0.1) is 0 Å². The Morgan fingerprint density at radius 2 is 0.931 bits per heavy atom. The third-order valence-corrected chi connectivity index (χ3v) is 5.92. The lowest BCUT2D eigenvalue weighted by molar-refractivity contribution is -0.123. The van der Waals surface area contributed by atoms with E-state index in [2.05, 4.69) is 76.7 Å². The molecule has 4 N–H and O–H groups in total. The van der Waals surface area contributed by atoms with Gasteiger partial charge in [-0.1, -0.05) is 0 Å². The van der Waals surface area contributed by atoms with Gasteiger partial charge in [-0.05, 0) is 87.5 Å². The molecule has 2 amide bonds. The van der Waals surface area contributed by atoms with Gasteiger partial charge in [0, 0.05) is 47.1 Å². The van der Waals surface area contributed by atoms with Crippen molar-refractivity contribution in [2.45, 2.75) is 135 Å². The minimum atomic E-state index is 0.00991. The van der Waals surface area contributed by atoms with Crippen molar-refractivity contribution in [1.82, 2.24) is 21.3 Å². The first kappa shape index (κ1) is 24.1. The molecular formula is C23H44N4O2. The zero-order valence-electron chi connectivity index (χ0n) is 19.9. The highest BCUT2D eigenvalue weighted by Crippen LogP contribution is 2.29. The van der Waals surface area contributed by atoms with Gasteiger partial charge >= 0.3 is 0 Å². The quantitative estimate of drug-likeness (QED) is 0.544. The molecule has 0 aromatic carbocycles. The van der Waals surface area contributed by atoms with Crippen LogP contribution in [0.4, 0.5) is 0 Å². The Balaban J connectivity index is 1.72. The zero-order valence-corrected chi connectivity index (χ0v) is 19.9. The molecule has 2 rings (SSSR count). The van der Waals surface area contributed by atoms with Gasteiger partial charge in [0.05, 0.1) is 0 Å². The van der Waals surface area contributed by atoms with Crippen LogP contribution >= 0.6 is 0 Å². The maximum atomic E-state index is 12.4. The molecular weight excluding hydrogens is 364 g/mol. The lowest BCUT2D eigenvalue weighted by Crippen LogP contribution is -2.62. The molecule has 0 bridgehead atoms. The number of hydrogen-bond donors (Lipinski definition) is 4. The standard InChI is InChI=1S/C23H44N4O2/c1-20(2)12-16(13-21(3,4)26-20)24-18(28)10-9-11-19(29)25-17-14-22(5,6)27-23(7,8)15-17/h16-17,26-27H,9-15H2,1-8H3,(H,24,28)(H,25,29). The van der Waals surface area contributed by atoms with E-state index in [9.17, 15) is 9.59 Å². The molecule has 2 fully saturated rings. The Morgan fingerprint density at radius 1 is 0.655 bits per heavy atom. The van der Waals surface area contributed by atoms with Crippen LogP contribution in [-0.2, 0) is 9.59 Å². The van der Waals surface area contributed by atoms with E-state index in [1.807, 2.05) is 0 Å². The number of carbonyl (C=O) groups excluding carboxylic acids is 2. The normalized spacial score (nSPS) is 25.9. The Hall–Kier alpha value is -1.14. The first-order valence-electron chi connectivity index (χ1n) is 11.2. The van der Waals surface area contributed by atoms with E-state index < -0.39 is 0 Å². The second-order valence-corrected chi connectivity index (χ2v) is 12.0. The van der Waals surface area contributed by atoms with E-state index in [4.69, 9.17) is 0 Å². The lowest BCUT2D eigenvalue weighted by Gasteiger charge is -2.46. The van der Waals surface area contributed by atoms with E-state index in [1.54, 1.807) is 0 Å². The molecule has 0 aliphatic carbocycles. The van der Waals surface area contributed by atoms with E-state index in [-0.39, 0.29) is 46.1 Å². The van der Waals surface area contributed by atoms with Gasteiger partial charge in [0.25, 0.3) is 0 Å². The molecule has 168 valence electrons. The molecule has 0 spiro atoms. The Morgan fingerprint density at radius 3 is 1.21 bits per heavy atom. The van der Waals surface area contributed by atoms with Crippen LogP contribution in [0.3, 0.4) is 0 Å². The zero-order chi connectivity index (χ0) is 22.1. The summed E-state index contributed by atoms with van der Waals surface area (Å²) in [6.45, 7) is 17.5. The number of hydrogen-bond acceptors (Lipinski definition) is 4. The van der Waals surface area contributed by atoms with Crippen molar-refractivity contribution >= 4 is 11.8 Å². The Kier molecular flexibility index (Phi) is 7.11. The van der Waals surface area contributed by atoms with E-state index >= 15 is 0 Å². The van der Waals surface area contributed by atoms with Crippen LogP contribution in [0, 0.1) is 0 Å². The SMILES string of the molecule is CC1(C)CC(NC(=O)CCCC(=O)NC2CC(C)(C)NC(C)(C)C2)CC(C)(C)N1. The number of nitrogens with one attached hydrogen (secondary N) is 4. The molecule has 0 atom stereocenters. The highest BCUT2D eigenvalue weighted by atomic mass is 16.2. The van der Waals surface area contributed by atoms with Crippen molar-refractivity contribution < 1.29 is 9.59 Å². The van der Waals surface area contributed by atoms with Crippen molar-refractivity contribution in [3.8, 4) is 0 Å². The fourth-order valence-corrected chi connectivity index (χ4v) is 5.86. The van der Waals surface area contributed by atoms with Crippen LogP contribution in [0.1, 0.15) is 100 Å². The Labute approximate surface area is 177 Å². The summed E-state index contributed by atoms with van der Waals surface area (Å²) in [5, 5.41) is 13.6. The van der Waals surface area contributed by atoms with Crippen molar-refractivity contribution in [2.75, 3.05) is 0 Å². The summed E-state index contributed by atoms with van der Waals surface area (Å²) in [4.78, 5) is 24.8. The molecule has 2 aliphatic rings. The van der Waals surface area contributed by atoms with Crippen LogP contribution in [0.5, 0.6) is 0 Å². The second-order valence-electron chi connectivity index (χ2n) is 12.0. The van der Waals surface area contributed by atoms with Crippen LogP contribution < -0.4 is 21.3 Å². The number of rotatable bonds is 6. The molecule has 2 saturated heterocycles. The van der Waals surface area contributed by atoms with Gasteiger partial charge < -0.3 is 21.3 Å². The molecule has 0 aromatic rings. The summed E-state index contributed by atoms with van der Waals surface area (Å²) in [7, 11) is 0. The van der Waals surface area contributed by atoms with E-state index in [0.29, 0.717) is 19.3 Å². The molecule has 0 unspecified atom stereocenters. The fraction of sp³-hybridized carbons (Fsp3) is 0.913. The van der Waals surface area contributed by atoms with E-state index in [1.165, 1.54) is 0 Å². The van der Waals surface area contributed by atoms with Crippen molar-refractivity contribution in [1.29, 1.82) is 0 Å². The fourth-order valence-electron chi connectivity index (χ4n) is 5.86. The first-order chi connectivity index (χ1) is 13.1. The molecule has 0 saturated carbocycles. The number of amides is 2. The first-order valence-corrected chi connectivity index (χ1v) is 11.2. The van der Waals surface area contributed by atoms with Gasteiger partial charge in [-0.25, -0.2) is 0 Å². The number of carbonyl (C=O) groups is 2. The number of piperidine rings is 2. The molecule has 6 nitrogen and oxygen atoms in total. The van der Waals surface area contributed by atoms with Crippen molar-refractivity contribution in [3.05, 3.63) is 0 Å². The minimum absolute atomic E-state index is 0.00991. The summed E-state index contributed by atoms with van der Waals surface area (Å²) in [6.07, 6.45) is 5.08. The van der Waals surface area contributed by atoms with Gasteiger partial charge in [0.15, 0.2) is 0 Å². The van der Waals surface area contributed by atoms with Gasteiger partial charge in [-0.3, -0.25) is 9.59 Å². The monoisotopic (exact) mass is 408 g/mol. The topological polar surface area (TPSA) is 82.3 Å². The smallest absolute Gasteiger partial charge is 0.220 e. The summed E-state index contributed by atoms with van der Waals surface area (Å²) in [6, 6.07) is 0.364. The minimum Gasteiger partial charge on any atom is -0.353 e. The Bertz CT molecular complexity index is 526. The summed E-state index contributed by atoms with van der Waals surface area (Å²) < 4.78 is 0. The maximum Gasteiger partial charge on any atom is 0.220 e. The highest BCUT2D eigenvalue weighted by Gasteiger charge is 2.39. The predicted molar refractivity (Wildman–Crippen MR) is 119 cm³/mol. The summed E-state index contributed by atoms with van der Waals surface area (Å²) >= 11 is 0. The predicted octanol–water partition coefficient (Wildman–Crippen LogP) is 3.01. The third-order valence-electron chi connectivity index (χ3n) is 5.92. The molecule has 0 radical (unpaired) electrons. The van der Waals surface area contributed by atoms with Gasteiger partial charge in [0.2, 0.25) is 11.8 Å². The molecule has 2 heterocycles. The highest BCUT2D eigenvalue weighted by molar-refractivity contribution is 5.79. The largest absolute Gasteiger partial charge is 0.353 e.